The molecule has 0 saturated heterocycles. The lowest BCUT2D eigenvalue weighted by Crippen LogP contribution is -2.03. The fourth-order valence-corrected chi connectivity index (χ4v) is 2.76. The van der Waals surface area contributed by atoms with Gasteiger partial charge in [-0.15, -0.1) is 12.4 Å². The summed E-state index contributed by atoms with van der Waals surface area (Å²) in [6.45, 7) is 7.74. The molecule has 0 aliphatic carbocycles. The van der Waals surface area contributed by atoms with E-state index in [-0.39, 0.29) is 12.4 Å². The van der Waals surface area contributed by atoms with Gasteiger partial charge in [0, 0.05) is 17.7 Å². The molecule has 7 nitrogen and oxygen atoms in total. The molecule has 29 heavy (non-hydrogen) atoms. The number of hydrogen-bond acceptors (Lipinski definition) is 7. The molecule has 3 rings (SSSR count). The third-order valence-electron chi connectivity index (χ3n) is 4.03. The highest BCUT2D eigenvalue weighted by atomic mass is 35.5. The Morgan fingerprint density at radius 3 is 1.97 bits per heavy atom. The van der Waals surface area contributed by atoms with Crippen molar-refractivity contribution in [3.63, 3.8) is 0 Å². The molecule has 0 atom stereocenters. The van der Waals surface area contributed by atoms with Gasteiger partial charge in [0.15, 0.2) is 11.5 Å². The Morgan fingerprint density at radius 2 is 1.45 bits per heavy atom. The van der Waals surface area contributed by atoms with Gasteiger partial charge in [0.2, 0.25) is 11.6 Å². The Bertz CT molecular complexity index is 886. The standard InChI is InChI=1S/C21H25N3O4.ClH/c1-4-25-17-11-16(12-18(26-5-2)19(17)27-6-3)21-23-20(24-28-21)15-9-7-14(13-22)8-10-15;/h7-12H,4-6,13,22H2,1-3H3;1H. The van der Waals surface area contributed by atoms with E-state index in [0.29, 0.717) is 60.9 Å². The number of ether oxygens (including phenoxy) is 3. The third kappa shape index (κ3) is 5.19. The number of halogens is 1. The minimum Gasteiger partial charge on any atom is -0.490 e. The van der Waals surface area contributed by atoms with Gasteiger partial charge in [0.25, 0.3) is 5.89 Å². The van der Waals surface area contributed by atoms with Crippen LogP contribution in [0.4, 0.5) is 0 Å². The van der Waals surface area contributed by atoms with Gasteiger partial charge in [-0.05, 0) is 38.5 Å². The number of nitrogens with two attached hydrogens (primary N) is 1. The first-order valence-corrected chi connectivity index (χ1v) is 9.40. The van der Waals surface area contributed by atoms with Crippen molar-refractivity contribution in [2.24, 2.45) is 5.73 Å². The van der Waals surface area contributed by atoms with Crippen LogP contribution in [-0.2, 0) is 6.54 Å². The topological polar surface area (TPSA) is 92.6 Å². The van der Waals surface area contributed by atoms with Gasteiger partial charge < -0.3 is 24.5 Å². The Morgan fingerprint density at radius 1 is 0.862 bits per heavy atom. The molecule has 0 amide bonds. The summed E-state index contributed by atoms with van der Waals surface area (Å²) in [6.07, 6.45) is 0. The molecule has 0 bridgehead atoms. The largest absolute Gasteiger partial charge is 0.490 e. The zero-order chi connectivity index (χ0) is 19.9. The van der Waals surface area contributed by atoms with E-state index < -0.39 is 0 Å². The molecule has 0 aliphatic heterocycles. The van der Waals surface area contributed by atoms with E-state index in [1.165, 1.54) is 0 Å². The zero-order valence-corrected chi connectivity index (χ0v) is 17.6. The van der Waals surface area contributed by atoms with Gasteiger partial charge in [0.05, 0.1) is 19.8 Å². The monoisotopic (exact) mass is 419 g/mol. The van der Waals surface area contributed by atoms with Gasteiger partial charge in [-0.2, -0.15) is 4.98 Å². The molecule has 0 fully saturated rings. The van der Waals surface area contributed by atoms with E-state index >= 15 is 0 Å². The second-order valence-electron chi connectivity index (χ2n) is 5.92. The first-order chi connectivity index (χ1) is 13.7. The van der Waals surface area contributed by atoms with E-state index in [0.717, 1.165) is 11.1 Å². The van der Waals surface area contributed by atoms with Crippen LogP contribution >= 0.6 is 12.4 Å². The highest BCUT2D eigenvalue weighted by Gasteiger charge is 2.19. The van der Waals surface area contributed by atoms with Gasteiger partial charge in [-0.25, -0.2) is 0 Å². The van der Waals surface area contributed by atoms with Crippen LogP contribution in [0.1, 0.15) is 26.3 Å². The number of hydrogen-bond donors (Lipinski definition) is 1. The normalized spacial score (nSPS) is 10.3. The average Bonchev–Trinajstić information content (AvgIpc) is 3.21. The predicted molar refractivity (Wildman–Crippen MR) is 114 cm³/mol. The molecule has 0 spiro atoms. The first-order valence-electron chi connectivity index (χ1n) is 9.40. The molecule has 0 radical (unpaired) electrons. The van der Waals surface area contributed by atoms with Gasteiger partial charge in [-0.1, -0.05) is 29.4 Å². The first kappa shape index (κ1) is 22.5. The smallest absolute Gasteiger partial charge is 0.258 e. The maximum atomic E-state index is 5.75. The van der Waals surface area contributed by atoms with Crippen LogP contribution in [0.2, 0.25) is 0 Å². The fraction of sp³-hybridized carbons (Fsp3) is 0.333. The lowest BCUT2D eigenvalue weighted by atomic mass is 10.1. The van der Waals surface area contributed by atoms with Crippen LogP contribution in [0.3, 0.4) is 0 Å². The highest BCUT2D eigenvalue weighted by molar-refractivity contribution is 5.85. The van der Waals surface area contributed by atoms with E-state index in [1.807, 2.05) is 57.2 Å². The summed E-state index contributed by atoms with van der Waals surface area (Å²) in [6, 6.07) is 11.4. The summed E-state index contributed by atoms with van der Waals surface area (Å²) in [5.41, 5.74) is 8.25. The molecule has 2 aromatic carbocycles. The average molecular weight is 420 g/mol. The Kier molecular flexibility index (Phi) is 8.30. The van der Waals surface area contributed by atoms with Crippen LogP contribution < -0.4 is 19.9 Å². The quantitative estimate of drug-likeness (QED) is 0.546. The van der Waals surface area contributed by atoms with E-state index in [1.54, 1.807) is 0 Å². The minimum absolute atomic E-state index is 0. The molecular formula is C21H26ClN3O4. The maximum Gasteiger partial charge on any atom is 0.258 e. The van der Waals surface area contributed by atoms with Gasteiger partial charge >= 0.3 is 0 Å². The van der Waals surface area contributed by atoms with Crippen LogP contribution in [0.5, 0.6) is 17.2 Å². The molecule has 156 valence electrons. The molecule has 2 N–H and O–H groups in total. The van der Waals surface area contributed by atoms with Crippen molar-refractivity contribution in [3.8, 4) is 40.1 Å². The molecule has 8 heteroatoms. The number of benzene rings is 2. The van der Waals surface area contributed by atoms with Crippen molar-refractivity contribution in [2.75, 3.05) is 19.8 Å². The fourth-order valence-electron chi connectivity index (χ4n) is 2.76. The summed E-state index contributed by atoms with van der Waals surface area (Å²) in [5.74, 6) is 2.62. The van der Waals surface area contributed by atoms with Crippen molar-refractivity contribution in [1.82, 2.24) is 10.1 Å². The van der Waals surface area contributed by atoms with Crippen molar-refractivity contribution in [1.29, 1.82) is 0 Å². The van der Waals surface area contributed by atoms with Crippen molar-refractivity contribution in [2.45, 2.75) is 27.3 Å². The molecule has 3 aromatic rings. The summed E-state index contributed by atoms with van der Waals surface area (Å²) < 4.78 is 22.7. The third-order valence-corrected chi connectivity index (χ3v) is 4.03. The molecule has 1 aromatic heterocycles. The number of aromatic nitrogens is 2. The van der Waals surface area contributed by atoms with Gasteiger partial charge in [-0.3, -0.25) is 0 Å². The molecule has 0 unspecified atom stereocenters. The Labute approximate surface area is 176 Å². The summed E-state index contributed by atoms with van der Waals surface area (Å²) in [5, 5.41) is 4.10. The summed E-state index contributed by atoms with van der Waals surface area (Å²) in [7, 11) is 0. The van der Waals surface area contributed by atoms with Crippen LogP contribution in [0.25, 0.3) is 22.8 Å². The van der Waals surface area contributed by atoms with Crippen molar-refractivity contribution >= 4 is 12.4 Å². The highest BCUT2D eigenvalue weighted by Crippen LogP contribution is 2.41. The van der Waals surface area contributed by atoms with Crippen LogP contribution in [0.15, 0.2) is 40.9 Å². The molecule has 1 heterocycles. The van der Waals surface area contributed by atoms with E-state index in [4.69, 9.17) is 24.5 Å². The molecule has 0 saturated carbocycles. The summed E-state index contributed by atoms with van der Waals surface area (Å²) >= 11 is 0. The van der Waals surface area contributed by atoms with Crippen LogP contribution in [-0.4, -0.2) is 30.0 Å². The second kappa shape index (κ2) is 10.7. The van der Waals surface area contributed by atoms with Crippen LogP contribution in [0, 0.1) is 0 Å². The van der Waals surface area contributed by atoms with Crippen molar-refractivity contribution in [3.05, 3.63) is 42.0 Å². The Hall–Kier alpha value is -2.77. The lowest BCUT2D eigenvalue weighted by molar-refractivity contribution is 0.261. The number of nitrogens with zero attached hydrogens (tertiary/aromatic N) is 2. The molecular weight excluding hydrogens is 394 g/mol. The molecule has 0 aliphatic rings. The lowest BCUT2D eigenvalue weighted by Gasteiger charge is -2.16. The maximum absolute atomic E-state index is 5.75. The van der Waals surface area contributed by atoms with Crippen molar-refractivity contribution < 1.29 is 18.7 Å². The van der Waals surface area contributed by atoms with E-state index in [9.17, 15) is 0 Å². The second-order valence-corrected chi connectivity index (χ2v) is 5.92. The SMILES string of the molecule is CCOc1cc(-c2nc(-c3ccc(CN)cc3)no2)cc(OCC)c1OCC.Cl. The summed E-state index contributed by atoms with van der Waals surface area (Å²) in [4.78, 5) is 4.52. The number of rotatable bonds is 9. The minimum atomic E-state index is 0. The van der Waals surface area contributed by atoms with E-state index in [2.05, 4.69) is 10.1 Å². The predicted octanol–water partition coefficient (Wildman–Crippen LogP) is 4.48. The van der Waals surface area contributed by atoms with Gasteiger partial charge in [0.1, 0.15) is 0 Å². The Balaban J connectivity index is 0.00000300. The zero-order valence-electron chi connectivity index (χ0n) is 16.8.